The normalized spacial score (nSPS) is 11.9. The molecule has 2 N–H and O–H groups in total. The molecule has 5 aromatic rings. The van der Waals surface area contributed by atoms with Crippen LogP contribution in [0.15, 0.2) is 72.8 Å². The number of H-pyrrole nitrogens is 2. The van der Waals surface area contributed by atoms with Crippen molar-refractivity contribution in [3.05, 3.63) is 95.6 Å². The summed E-state index contributed by atoms with van der Waals surface area (Å²) in [7, 11) is 0. The highest BCUT2D eigenvalue weighted by atomic mass is 16.5. The van der Waals surface area contributed by atoms with Gasteiger partial charge < -0.3 is 28.9 Å². The topological polar surface area (TPSA) is 94.3 Å². The molecule has 386 valence electrons. The Morgan fingerprint density at radius 3 is 1.00 bits per heavy atom. The zero-order chi connectivity index (χ0) is 50.0. The second kappa shape index (κ2) is 30.3. The smallest absolute Gasteiger partial charge is 0.123 e. The maximum atomic E-state index is 6.52. The molecule has 0 unspecified atom stereocenters. The summed E-state index contributed by atoms with van der Waals surface area (Å²) in [5.74, 6) is 3.28. The number of aromatic nitrogens is 4. The highest BCUT2D eigenvalue weighted by Gasteiger charge is 2.18. The van der Waals surface area contributed by atoms with Crippen LogP contribution >= 0.6 is 0 Å². The van der Waals surface area contributed by atoms with Crippen LogP contribution in [0.3, 0.4) is 0 Å². The number of benzene rings is 2. The van der Waals surface area contributed by atoms with Crippen LogP contribution in [0.25, 0.3) is 68.6 Å². The first kappa shape index (κ1) is 54.0. The Bertz CT molecular complexity index is 2470. The third-order valence-electron chi connectivity index (χ3n) is 13.8. The van der Waals surface area contributed by atoms with Gasteiger partial charge in [0.1, 0.15) is 23.0 Å². The average Bonchev–Trinajstić information content (AvgIpc) is 4.24. The molecule has 0 fully saturated rings. The molecular formula is C64H86N4O4. The first-order valence-electron chi connectivity index (χ1n) is 28.5. The van der Waals surface area contributed by atoms with Crippen LogP contribution in [0.2, 0.25) is 0 Å². The standard InChI is InChI=1S/C64H86N4O4/c1-5-9-13-17-21-25-37-69-55-41-49(42-56(47-55)70-38-26-22-18-14-10-6-2)63-59-33-29-51(65-59)45-53-31-35-61(67-53)64(62-36-32-54(68-62)46-52-30-34-60(63)66-52)50-43-57(71-39-27-23-19-15-11-7-3)48-58(44-50)72-40-28-24-20-16-12-8-4/h29-36,41-48,65-66H,5-28,37-40H2,1-4H3. The molecule has 8 bridgehead atoms. The lowest BCUT2D eigenvalue weighted by Gasteiger charge is -2.14. The van der Waals surface area contributed by atoms with Crippen molar-refractivity contribution in [3.8, 4) is 45.3 Å². The summed E-state index contributed by atoms with van der Waals surface area (Å²) in [4.78, 5) is 18.1. The van der Waals surface area contributed by atoms with Gasteiger partial charge in [0.2, 0.25) is 0 Å². The third kappa shape index (κ3) is 17.2. The van der Waals surface area contributed by atoms with Crippen LogP contribution in [0, 0.1) is 0 Å². The third-order valence-corrected chi connectivity index (χ3v) is 13.8. The van der Waals surface area contributed by atoms with Crippen molar-refractivity contribution < 1.29 is 18.9 Å². The Balaban J connectivity index is 1.25. The zero-order valence-corrected chi connectivity index (χ0v) is 44.6. The molecule has 8 heteroatoms. The number of hydrogen-bond acceptors (Lipinski definition) is 6. The lowest BCUT2D eigenvalue weighted by atomic mass is 10.0. The zero-order valence-electron chi connectivity index (χ0n) is 44.6. The number of nitrogens with one attached hydrogen (secondary N) is 2. The predicted octanol–water partition coefficient (Wildman–Crippen LogP) is 18.9. The van der Waals surface area contributed by atoms with E-state index in [2.05, 4.69) is 135 Å². The molecule has 0 amide bonds. The molecule has 0 saturated heterocycles. The van der Waals surface area contributed by atoms with E-state index < -0.39 is 0 Å². The maximum Gasteiger partial charge on any atom is 0.123 e. The highest BCUT2D eigenvalue weighted by molar-refractivity contribution is 5.95. The number of nitrogens with zero attached hydrogens (tertiary/aromatic N) is 2. The van der Waals surface area contributed by atoms with Crippen molar-refractivity contribution in [1.29, 1.82) is 0 Å². The van der Waals surface area contributed by atoms with Crippen LogP contribution in [0.4, 0.5) is 0 Å². The maximum absolute atomic E-state index is 6.52. The quantitative estimate of drug-likeness (QED) is 0.0391. The van der Waals surface area contributed by atoms with Gasteiger partial charge in [0.25, 0.3) is 0 Å². The predicted molar refractivity (Wildman–Crippen MR) is 305 cm³/mol. The Labute approximate surface area is 432 Å². The van der Waals surface area contributed by atoms with E-state index >= 15 is 0 Å². The van der Waals surface area contributed by atoms with E-state index in [1.54, 1.807) is 0 Å². The SMILES string of the molecule is CCCCCCCCOc1cc(OCCCCCCCC)cc(-c2c3nc(cc4ccc([nH]4)c(-c4cc(OCCCCCCCC)cc(OCCCCCCCC)c4)c4ccc(cc5nc2C=C5)[nH]4)C=C3)c1. The summed E-state index contributed by atoms with van der Waals surface area (Å²) in [6.45, 7) is 11.8. The molecule has 0 spiro atoms. The van der Waals surface area contributed by atoms with E-state index in [-0.39, 0.29) is 0 Å². The Kier molecular flexibility index (Phi) is 22.7. The molecule has 0 saturated carbocycles. The molecule has 8 nitrogen and oxygen atoms in total. The van der Waals surface area contributed by atoms with Crippen molar-refractivity contribution in [3.63, 3.8) is 0 Å². The van der Waals surface area contributed by atoms with Crippen LogP contribution in [0.1, 0.15) is 205 Å². The Hall–Kier alpha value is -5.76. The van der Waals surface area contributed by atoms with Gasteiger partial charge in [-0.15, -0.1) is 0 Å². The van der Waals surface area contributed by atoms with Gasteiger partial charge in [0.05, 0.1) is 49.2 Å². The van der Waals surface area contributed by atoms with Crippen molar-refractivity contribution >= 4 is 46.4 Å². The van der Waals surface area contributed by atoms with Gasteiger partial charge in [-0.2, -0.15) is 0 Å². The van der Waals surface area contributed by atoms with Crippen LogP contribution in [-0.2, 0) is 0 Å². The summed E-state index contributed by atoms with van der Waals surface area (Å²) in [6.07, 6.45) is 37.6. The van der Waals surface area contributed by atoms with Crippen LogP contribution in [0.5, 0.6) is 23.0 Å². The van der Waals surface area contributed by atoms with Crippen molar-refractivity contribution in [2.24, 2.45) is 0 Å². The Morgan fingerprint density at radius 1 is 0.333 bits per heavy atom. The van der Waals surface area contributed by atoms with Crippen LogP contribution in [-0.4, -0.2) is 46.4 Å². The van der Waals surface area contributed by atoms with Crippen LogP contribution < -0.4 is 18.9 Å². The average molecular weight is 975 g/mol. The van der Waals surface area contributed by atoms with E-state index in [1.165, 1.54) is 128 Å². The van der Waals surface area contributed by atoms with E-state index in [9.17, 15) is 0 Å². The monoisotopic (exact) mass is 975 g/mol. The lowest BCUT2D eigenvalue weighted by Crippen LogP contribution is -2.01. The van der Waals surface area contributed by atoms with Gasteiger partial charge in [-0.3, -0.25) is 0 Å². The molecule has 0 radical (unpaired) electrons. The second-order valence-electron chi connectivity index (χ2n) is 20.1. The fraction of sp³-hybridized carbons (Fsp3) is 0.500. The fourth-order valence-corrected chi connectivity index (χ4v) is 9.74. The Morgan fingerprint density at radius 2 is 0.653 bits per heavy atom. The van der Waals surface area contributed by atoms with E-state index in [4.69, 9.17) is 28.9 Å². The largest absolute Gasteiger partial charge is 0.493 e. The number of ether oxygens (including phenoxy) is 4. The van der Waals surface area contributed by atoms with Gasteiger partial charge >= 0.3 is 0 Å². The van der Waals surface area contributed by atoms with Gasteiger partial charge in [-0.1, -0.05) is 156 Å². The van der Waals surface area contributed by atoms with Gasteiger partial charge in [-0.05, 0) is 122 Å². The molecule has 2 aliphatic heterocycles. The minimum atomic E-state index is 0.672. The van der Waals surface area contributed by atoms with Gasteiger partial charge in [-0.25, -0.2) is 9.97 Å². The molecule has 72 heavy (non-hydrogen) atoms. The first-order chi connectivity index (χ1) is 35.5. The van der Waals surface area contributed by atoms with Crippen molar-refractivity contribution in [1.82, 2.24) is 19.9 Å². The van der Waals surface area contributed by atoms with E-state index in [0.29, 0.717) is 26.4 Å². The molecule has 2 aliphatic rings. The van der Waals surface area contributed by atoms with Crippen molar-refractivity contribution in [2.75, 3.05) is 26.4 Å². The minimum absolute atomic E-state index is 0.672. The molecule has 0 atom stereocenters. The molecule has 5 heterocycles. The summed E-state index contributed by atoms with van der Waals surface area (Å²) < 4.78 is 26.1. The second-order valence-corrected chi connectivity index (χ2v) is 20.1. The van der Waals surface area contributed by atoms with Crippen molar-refractivity contribution in [2.45, 2.75) is 182 Å². The molecule has 0 aliphatic carbocycles. The summed E-state index contributed by atoms with van der Waals surface area (Å²) in [5, 5.41) is 0. The number of fused-ring (bicyclic) bond motifs is 8. The summed E-state index contributed by atoms with van der Waals surface area (Å²) >= 11 is 0. The van der Waals surface area contributed by atoms with Gasteiger partial charge in [0, 0.05) is 45.3 Å². The summed E-state index contributed by atoms with van der Waals surface area (Å²) in [6, 6.07) is 25.6. The molecule has 3 aromatic heterocycles. The number of rotatable bonds is 34. The molecular weight excluding hydrogens is 889 g/mol. The molecule has 7 rings (SSSR count). The number of unbranched alkanes of at least 4 members (excludes halogenated alkanes) is 20. The first-order valence-corrected chi connectivity index (χ1v) is 28.5. The lowest BCUT2D eigenvalue weighted by molar-refractivity contribution is 0.289. The number of aromatic amines is 2. The van der Waals surface area contributed by atoms with Gasteiger partial charge in [0.15, 0.2) is 0 Å². The minimum Gasteiger partial charge on any atom is -0.493 e. The fourth-order valence-electron chi connectivity index (χ4n) is 9.74. The molecule has 2 aromatic carbocycles. The van der Waals surface area contributed by atoms with E-state index in [0.717, 1.165) is 116 Å². The number of hydrogen-bond donors (Lipinski definition) is 2. The summed E-state index contributed by atoms with van der Waals surface area (Å²) in [5.41, 5.74) is 11.3. The van der Waals surface area contributed by atoms with E-state index in [1.807, 2.05) is 0 Å². The highest BCUT2D eigenvalue weighted by Crippen LogP contribution is 2.38.